The van der Waals surface area contributed by atoms with Gasteiger partial charge in [0.05, 0.1) is 37.7 Å². The largest absolute Gasteiger partial charge is 0.493 e. The Balaban J connectivity index is 2.04. The molecule has 0 radical (unpaired) electrons. The molecule has 0 spiro atoms. The highest BCUT2D eigenvalue weighted by Crippen LogP contribution is 2.40. The number of anilines is 2. The lowest BCUT2D eigenvalue weighted by atomic mass is 9.99. The molecule has 184 valence electrons. The van der Waals surface area contributed by atoms with Crippen molar-refractivity contribution in [1.82, 2.24) is 0 Å². The van der Waals surface area contributed by atoms with Crippen molar-refractivity contribution in [2.45, 2.75) is 59.9 Å². The van der Waals surface area contributed by atoms with Crippen LogP contribution in [0.4, 0.5) is 16.2 Å². The van der Waals surface area contributed by atoms with Crippen molar-refractivity contribution < 1.29 is 23.8 Å². The first kappa shape index (κ1) is 25.4. The molecule has 0 saturated carbocycles. The van der Waals surface area contributed by atoms with Crippen LogP contribution in [0, 0.1) is 13.8 Å². The molecule has 0 N–H and O–H groups in total. The number of nitrogens with zero attached hydrogens (tertiary/aromatic N) is 2. The Morgan fingerprint density at radius 3 is 2.32 bits per heavy atom. The van der Waals surface area contributed by atoms with Gasteiger partial charge in [0, 0.05) is 12.1 Å². The van der Waals surface area contributed by atoms with Crippen molar-refractivity contribution >= 4 is 23.4 Å². The SMILES string of the molecule is CCCCOc1cc(C(=O)N2CC(CC)N(C(=O)OCC)c3cc(C)c(C)cc32)ccc1OC. The quantitative estimate of drug-likeness (QED) is 0.452. The predicted octanol–water partition coefficient (Wildman–Crippen LogP) is 5.89. The number of carbonyl (C=O) groups excluding carboxylic acids is 2. The van der Waals surface area contributed by atoms with E-state index in [0.717, 1.165) is 24.0 Å². The molecule has 0 bridgehead atoms. The van der Waals surface area contributed by atoms with Crippen molar-refractivity contribution in [3.8, 4) is 11.5 Å². The fourth-order valence-electron chi connectivity index (χ4n) is 4.13. The molecule has 7 nitrogen and oxygen atoms in total. The van der Waals surface area contributed by atoms with Crippen molar-refractivity contribution in [3.63, 3.8) is 0 Å². The summed E-state index contributed by atoms with van der Waals surface area (Å²) in [5.74, 6) is 1.01. The molecule has 1 aliphatic heterocycles. The van der Waals surface area contributed by atoms with E-state index in [0.29, 0.717) is 54.6 Å². The zero-order valence-corrected chi connectivity index (χ0v) is 21.1. The number of carbonyl (C=O) groups is 2. The second-order valence-electron chi connectivity index (χ2n) is 8.54. The Bertz CT molecular complexity index is 1040. The summed E-state index contributed by atoms with van der Waals surface area (Å²) in [7, 11) is 1.59. The lowest BCUT2D eigenvalue weighted by Crippen LogP contribution is -2.53. The van der Waals surface area contributed by atoms with Crippen molar-refractivity contribution in [2.24, 2.45) is 0 Å². The number of ether oxygens (including phenoxy) is 3. The van der Waals surface area contributed by atoms with E-state index in [2.05, 4.69) is 6.92 Å². The van der Waals surface area contributed by atoms with Crippen LogP contribution in [-0.4, -0.2) is 44.9 Å². The third kappa shape index (κ3) is 5.13. The third-order valence-corrected chi connectivity index (χ3v) is 6.25. The zero-order chi connectivity index (χ0) is 24.8. The van der Waals surface area contributed by atoms with Crippen LogP contribution in [0.25, 0.3) is 0 Å². The summed E-state index contributed by atoms with van der Waals surface area (Å²) in [5, 5.41) is 0. The molecule has 34 heavy (non-hydrogen) atoms. The second-order valence-corrected chi connectivity index (χ2v) is 8.54. The van der Waals surface area contributed by atoms with E-state index < -0.39 is 0 Å². The molecule has 0 saturated heterocycles. The van der Waals surface area contributed by atoms with Gasteiger partial charge in [-0.2, -0.15) is 0 Å². The second kappa shape index (κ2) is 11.3. The summed E-state index contributed by atoms with van der Waals surface area (Å²) in [6.07, 6.45) is 2.23. The highest BCUT2D eigenvalue weighted by atomic mass is 16.6. The van der Waals surface area contributed by atoms with Gasteiger partial charge in [0.25, 0.3) is 5.91 Å². The highest BCUT2D eigenvalue weighted by Gasteiger charge is 2.37. The molecule has 3 rings (SSSR count). The number of amides is 2. The molecule has 2 aromatic rings. The Kier molecular flexibility index (Phi) is 8.42. The summed E-state index contributed by atoms with van der Waals surface area (Å²) >= 11 is 0. The van der Waals surface area contributed by atoms with Gasteiger partial charge in [0.1, 0.15) is 0 Å². The number of aryl methyl sites for hydroxylation is 2. The topological polar surface area (TPSA) is 68.3 Å². The van der Waals surface area contributed by atoms with E-state index in [4.69, 9.17) is 14.2 Å². The maximum atomic E-state index is 13.8. The van der Waals surface area contributed by atoms with E-state index in [1.807, 2.05) is 32.9 Å². The molecule has 0 aliphatic carbocycles. The van der Waals surface area contributed by atoms with E-state index in [1.54, 1.807) is 42.0 Å². The number of methoxy groups -OCH3 is 1. The number of fused-ring (bicyclic) bond motifs is 1. The summed E-state index contributed by atoms with van der Waals surface area (Å²) in [4.78, 5) is 30.1. The summed E-state index contributed by atoms with van der Waals surface area (Å²) in [5.41, 5.74) is 4.01. The average molecular weight is 469 g/mol. The summed E-state index contributed by atoms with van der Waals surface area (Å²) in [6, 6.07) is 9.02. The van der Waals surface area contributed by atoms with Gasteiger partial charge in [-0.05, 0) is 75.1 Å². The minimum atomic E-state index is -0.387. The van der Waals surface area contributed by atoms with E-state index in [9.17, 15) is 9.59 Å². The first-order valence-electron chi connectivity index (χ1n) is 12.1. The first-order chi connectivity index (χ1) is 16.4. The van der Waals surface area contributed by atoms with Gasteiger partial charge in [-0.1, -0.05) is 20.3 Å². The Morgan fingerprint density at radius 1 is 1.00 bits per heavy atom. The molecule has 1 heterocycles. The van der Waals surface area contributed by atoms with Gasteiger partial charge < -0.3 is 19.1 Å². The molecule has 7 heteroatoms. The zero-order valence-electron chi connectivity index (χ0n) is 21.1. The van der Waals surface area contributed by atoms with E-state index >= 15 is 0 Å². The number of benzene rings is 2. The Labute approximate surface area is 202 Å². The standard InChI is InChI=1S/C27H36N2O5/c1-7-10-13-34-25-16-20(11-12-24(25)32-6)26(30)28-17-21(8-2)29(27(31)33-9-3)23-15-19(5)18(4)14-22(23)28/h11-12,14-16,21H,7-10,13,17H2,1-6H3. The molecular weight excluding hydrogens is 432 g/mol. The van der Waals surface area contributed by atoms with Crippen LogP contribution in [0.2, 0.25) is 0 Å². The van der Waals surface area contributed by atoms with Crippen molar-refractivity contribution in [2.75, 3.05) is 36.7 Å². The van der Waals surface area contributed by atoms with Crippen molar-refractivity contribution in [3.05, 3.63) is 47.0 Å². The molecule has 2 amide bonds. The van der Waals surface area contributed by atoms with Gasteiger partial charge in [0.2, 0.25) is 0 Å². The highest BCUT2D eigenvalue weighted by molar-refractivity contribution is 6.10. The molecule has 0 aromatic heterocycles. The monoisotopic (exact) mass is 468 g/mol. The van der Waals surface area contributed by atoms with Crippen LogP contribution < -0.4 is 19.3 Å². The predicted molar refractivity (Wildman–Crippen MR) is 135 cm³/mol. The van der Waals surface area contributed by atoms with Crippen LogP contribution >= 0.6 is 0 Å². The minimum Gasteiger partial charge on any atom is -0.493 e. The fraction of sp³-hybridized carbons (Fsp3) is 0.481. The van der Waals surface area contributed by atoms with Crippen LogP contribution in [0.3, 0.4) is 0 Å². The van der Waals surface area contributed by atoms with Crippen LogP contribution in [0.15, 0.2) is 30.3 Å². The van der Waals surface area contributed by atoms with Crippen molar-refractivity contribution in [1.29, 1.82) is 0 Å². The molecule has 1 atom stereocenters. The number of rotatable bonds is 8. The number of hydrogen-bond donors (Lipinski definition) is 0. The normalized spacial score (nSPS) is 15.1. The Hall–Kier alpha value is -3.22. The van der Waals surface area contributed by atoms with Crippen LogP contribution in [0.1, 0.15) is 61.5 Å². The molecule has 0 fully saturated rings. The lowest BCUT2D eigenvalue weighted by molar-refractivity contribution is 0.0981. The summed E-state index contributed by atoms with van der Waals surface area (Å²) in [6.45, 7) is 11.1. The van der Waals surface area contributed by atoms with E-state index in [1.165, 1.54) is 0 Å². The molecule has 1 unspecified atom stereocenters. The van der Waals surface area contributed by atoms with Gasteiger partial charge in [-0.15, -0.1) is 0 Å². The average Bonchev–Trinajstić information content (AvgIpc) is 2.83. The number of hydrogen-bond acceptors (Lipinski definition) is 5. The maximum absolute atomic E-state index is 13.8. The third-order valence-electron chi connectivity index (χ3n) is 6.25. The van der Waals surface area contributed by atoms with Gasteiger partial charge in [-0.25, -0.2) is 4.79 Å². The maximum Gasteiger partial charge on any atom is 0.414 e. The van der Waals surface area contributed by atoms with E-state index in [-0.39, 0.29) is 18.0 Å². The molecule has 2 aromatic carbocycles. The smallest absolute Gasteiger partial charge is 0.414 e. The summed E-state index contributed by atoms with van der Waals surface area (Å²) < 4.78 is 16.7. The first-order valence-corrected chi connectivity index (χ1v) is 12.1. The number of unbranched alkanes of at least 4 members (excludes halogenated alkanes) is 1. The molecule has 1 aliphatic rings. The Morgan fingerprint density at radius 2 is 1.71 bits per heavy atom. The minimum absolute atomic E-state index is 0.144. The van der Waals surface area contributed by atoms with Gasteiger partial charge in [0.15, 0.2) is 11.5 Å². The van der Waals surface area contributed by atoms with Crippen LogP contribution in [-0.2, 0) is 4.74 Å². The van der Waals surface area contributed by atoms with Gasteiger partial charge in [-0.3, -0.25) is 9.69 Å². The molecular formula is C27H36N2O5. The lowest BCUT2D eigenvalue weighted by Gasteiger charge is -2.42. The fourth-order valence-corrected chi connectivity index (χ4v) is 4.13. The van der Waals surface area contributed by atoms with Gasteiger partial charge >= 0.3 is 6.09 Å². The van der Waals surface area contributed by atoms with Crippen LogP contribution in [0.5, 0.6) is 11.5 Å².